The molecule has 0 saturated heterocycles. The molecule has 0 aliphatic carbocycles. The summed E-state index contributed by atoms with van der Waals surface area (Å²) in [6.07, 6.45) is 1.57. The first-order valence-electron chi connectivity index (χ1n) is 2.74. The fourth-order valence-corrected chi connectivity index (χ4v) is 0.644. The highest BCUT2D eigenvalue weighted by atomic mass is 16.1. The maximum atomic E-state index is 10.5. The van der Waals surface area contributed by atoms with Gasteiger partial charge in [0.25, 0.3) is 5.91 Å². The van der Waals surface area contributed by atoms with Gasteiger partial charge in [0.2, 0.25) is 6.41 Å². The van der Waals surface area contributed by atoms with Crippen LogP contribution in [0.3, 0.4) is 0 Å². The van der Waals surface area contributed by atoms with Crippen molar-refractivity contribution in [2.45, 2.75) is 0 Å². The molecule has 1 rings (SSSR count). The Hall–Kier alpha value is -1.85. The highest BCUT2D eigenvalue weighted by Crippen LogP contribution is 2.05. The van der Waals surface area contributed by atoms with Gasteiger partial charge in [-0.15, -0.1) is 0 Å². The molecule has 1 aromatic rings. The molecule has 0 atom stereocenters. The molecule has 4 N–H and O–H groups in total. The zero-order chi connectivity index (χ0) is 8.43. The van der Waals surface area contributed by atoms with Crippen LogP contribution in [0, 0.1) is 0 Å². The normalized spacial score (nSPS) is 9.45. The summed E-state index contributed by atoms with van der Waals surface area (Å²) in [5, 5.41) is 0. The van der Waals surface area contributed by atoms with Crippen LogP contribution in [0.15, 0.2) is 6.33 Å². The van der Waals surface area contributed by atoms with Crippen molar-refractivity contribution in [3.63, 3.8) is 0 Å². The first-order chi connectivity index (χ1) is 5.16. The molecule has 0 unspecified atom stereocenters. The standard InChI is InChI=1S/C5H6N4O2/c6-4-3(5(7)11)8-1-9(4)2-10/h1-2H,6H2,(H2,7,11). The number of primary amides is 1. The van der Waals surface area contributed by atoms with Crippen LogP contribution in [-0.2, 0) is 4.79 Å². The molecular formula is C5H6N4O2. The van der Waals surface area contributed by atoms with Crippen molar-refractivity contribution < 1.29 is 9.59 Å². The fraction of sp³-hybridized carbons (Fsp3) is 0. The van der Waals surface area contributed by atoms with E-state index in [-0.39, 0.29) is 11.5 Å². The van der Waals surface area contributed by atoms with Gasteiger partial charge in [-0.05, 0) is 0 Å². The number of hydrogen-bond acceptors (Lipinski definition) is 4. The molecule has 6 heteroatoms. The predicted octanol–water partition coefficient (Wildman–Crippen LogP) is -1.40. The minimum Gasteiger partial charge on any atom is -0.383 e. The average Bonchev–Trinajstić information content (AvgIpc) is 2.30. The Bertz CT molecular complexity index is 303. The van der Waals surface area contributed by atoms with Crippen molar-refractivity contribution in [2.24, 2.45) is 5.73 Å². The van der Waals surface area contributed by atoms with Crippen LogP contribution in [0.1, 0.15) is 10.5 Å². The summed E-state index contributed by atoms with van der Waals surface area (Å²) < 4.78 is 0.972. The number of nitrogens with zero attached hydrogens (tertiary/aromatic N) is 2. The zero-order valence-corrected chi connectivity index (χ0v) is 5.52. The average molecular weight is 154 g/mol. The second-order valence-corrected chi connectivity index (χ2v) is 1.86. The number of imidazole rings is 1. The maximum Gasteiger partial charge on any atom is 0.271 e. The topological polar surface area (TPSA) is 104 Å². The van der Waals surface area contributed by atoms with Gasteiger partial charge in [0, 0.05) is 0 Å². The van der Waals surface area contributed by atoms with Gasteiger partial charge in [-0.1, -0.05) is 0 Å². The van der Waals surface area contributed by atoms with E-state index in [0.717, 1.165) is 10.9 Å². The molecule has 1 heterocycles. The fourth-order valence-electron chi connectivity index (χ4n) is 0.644. The molecule has 6 nitrogen and oxygen atoms in total. The summed E-state index contributed by atoms with van der Waals surface area (Å²) in [6, 6.07) is 0. The lowest BCUT2D eigenvalue weighted by atomic mass is 10.4. The summed E-state index contributed by atoms with van der Waals surface area (Å²) in [7, 11) is 0. The molecule has 0 spiro atoms. The quantitative estimate of drug-likeness (QED) is 0.511. The summed E-state index contributed by atoms with van der Waals surface area (Å²) >= 11 is 0. The van der Waals surface area contributed by atoms with Gasteiger partial charge >= 0.3 is 0 Å². The van der Waals surface area contributed by atoms with Crippen LogP contribution >= 0.6 is 0 Å². The molecule has 0 aliphatic rings. The van der Waals surface area contributed by atoms with E-state index in [4.69, 9.17) is 11.5 Å². The SMILES string of the molecule is NC(=O)c1ncn(C=O)c1N. The van der Waals surface area contributed by atoms with E-state index in [2.05, 4.69) is 4.98 Å². The number of carbonyl (C=O) groups is 2. The summed E-state index contributed by atoms with van der Waals surface area (Å²) in [5.41, 5.74) is 10.1. The third kappa shape index (κ3) is 1.05. The van der Waals surface area contributed by atoms with Gasteiger partial charge in [-0.3, -0.25) is 14.2 Å². The second kappa shape index (κ2) is 2.41. The van der Waals surface area contributed by atoms with Crippen molar-refractivity contribution in [3.8, 4) is 0 Å². The van der Waals surface area contributed by atoms with E-state index in [1.54, 1.807) is 0 Å². The van der Waals surface area contributed by atoms with Crippen LogP contribution in [0.5, 0.6) is 0 Å². The van der Waals surface area contributed by atoms with Crippen molar-refractivity contribution in [2.75, 3.05) is 5.73 Å². The molecule has 0 aliphatic heterocycles. The lowest BCUT2D eigenvalue weighted by Gasteiger charge is -1.92. The molecule has 0 radical (unpaired) electrons. The number of amides is 1. The van der Waals surface area contributed by atoms with Gasteiger partial charge < -0.3 is 11.5 Å². The van der Waals surface area contributed by atoms with Gasteiger partial charge in [0.05, 0.1) is 0 Å². The van der Waals surface area contributed by atoms with Crippen LogP contribution in [0.2, 0.25) is 0 Å². The lowest BCUT2D eigenvalue weighted by Crippen LogP contribution is -2.14. The highest BCUT2D eigenvalue weighted by Gasteiger charge is 2.10. The van der Waals surface area contributed by atoms with Crippen LogP contribution in [-0.4, -0.2) is 21.9 Å². The van der Waals surface area contributed by atoms with E-state index >= 15 is 0 Å². The minimum absolute atomic E-state index is 0.0347. The molecule has 1 amide bonds. The number of nitrogen functional groups attached to an aromatic ring is 1. The van der Waals surface area contributed by atoms with Crippen LogP contribution in [0.25, 0.3) is 0 Å². The smallest absolute Gasteiger partial charge is 0.271 e. The molecule has 0 aromatic carbocycles. The van der Waals surface area contributed by atoms with Crippen molar-refractivity contribution in [1.29, 1.82) is 0 Å². The Balaban J connectivity index is 3.20. The number of aromatic nitrogens is 2. The monoisotopic (exact) mass is 154 g/mol. The molecule has 0 bridgehead atoms. The molecule has 11 heavy (non-hydrogen) atoms. The number of nitrogens with two attached hydrogens (primary N) is 2. The number of rotatable bonds is 2. The summed E-state index contributed by atoms with van der Waals surface area (Å²) in [6.45, 7) is 0. The second-order valence-electron chi connectivity index (χ2n) is 1.86. The first-order valence-corrected chi connectivity index (χ1v) is 2.74. The summed E-state index contributed by atoms with van der Waals surface area (Å²) in [4.78, 5) is 24.2. The van der Waals surface area contributed by atoms with Crippen LogP contribution < -0.4 is 11.5 Å². The van der Waals surface area contributed by atoms with E-state index < -0.39 is 5.91 Å². The van der Waals surface area contributed by atoms with Gasteiger partial charge in [0.1, 0.15) is 12.1 Å². The largest absolute Gasteiger partial charge is 0.383 e. The Kier molecular flexibility index (Phi) is 1.59. The first kappa shape index (κ1) is 7.26. The molecule has 1 aromatic heterocycles. The molecule has 58 valence electrons. The minimum atomic E-state index is -0.747. The number of anilines is 1. The third-order valence-electron chi connectivity index (χ3n) is 1.18. The van der Waals surface area contributed by atoms with E-state index in [1.165, 1.54) is 0 Å². The van der Waals surface area contributed by atoms with Gasteiger partial charge in [0.15, 0.2) is 5.69 Å². The van der Waals surface area contributed by atoms with E-state index in [1.807, 2.05) is 0 Å². The van der Waals surface area contributed by atoms with Crippen molar-refractivity contribution in [1.82, 2.24) is 9.55 Å². The lowest BCUT2D eigenvalue weighted by molar-refractivity contribution is 0.0997. The Morgan fingerprint density at radius 1 is 1.73 bits per heavy atom. The maximum absolute atomic E-state index is 10.5. The third-order valence-corrected chi connectivity index (χ3v) is 1.18. The Morgan fingerprint density at radius 2 is 2.36 bits per heavy atom. The van der Waals surface area contributed by atoms with E-state index in [9.17, 15) is 9.59 Å². The van der Waals surface area contributed by atoms with Crippen molar-refractivity contribution >= 4 is 18.1 Å². The zero-order valence-electron chi connectivity index (χ0n) is 5.52. The van der Waals surface area contributed by atoms with E-state index in [0.29, 0.717) is 6.41 Å². The summed E-state index contributed by atoms with van der Waals surface area (Å²) in [5.74, 6) is -0.782. The van der Waals surface area contributed by atoms with Crippen LogP contribution in [0.4, 0.5) is 5.82 Å². The molecule has 0 saturated carbocycles. The van der Waals surface area contributed by atoms with Gasteiger partial charge in [-0.2, -0.15) is 0 Å². The molecular weight excluding hydrogens is 148 g/mol. The number of hydrogen-bond donors (Lipinski definition) is 2. The predicted molar refractivity (Wildman–Crippen MR) is 37.3 cm³/mol. The molecule has 0 fully saturated rings. The van der Waals surface area contributed by atoms with Gasteiger partial charge in [-0.25, -0.2) is 4.98 Å². The number of carbonyl (C=O) groups excluding carboxylic acids is 2. The Labute approximate surface area is 61.8 Å². The Morgan fingerprint density at radius 3 is 2.64 bits per heavy atom. The van der Waals surface area contributed by atoms with Crippen molar-refractivity contribution in [3.05, 3.63) is 12.0 Å². The highest BCUT2D eigenvalue weighted by molar-refractivity contribution is 5.96.